The fourth-order valence-corrected chi connectivity index (χ4v) is 2.56. The van der Waals surface area contributed by atoms with Gasteiger partial charge in [0.2, 0.25) is 0 Å². The highest BCUT2D eigenvalue weighted by molar-refractivity contribution is 5.93. The van der Waals surface area contributed by atoms with Crippen molar-refractivity contribution in [1.29, 1.82) is 0 Å². The topological polar surface area (TPSA) is 32.3 Å². The van der Waals surface area contributed by atoms with Gasteiger partial charge in [-0.15, -0.1) is 0 Å². The maximum absolute atomic E-state index is 12.0. The Morgan fingerprint density at radius 2 is 2.00 bits per heavy atom. The normalized spacial score (nSPS) is 23.6. The number of hydrogen-bond donors (Lipinski definition) is 1. The van der Waals surface area contributed by atoms with Crippen LogP contribution in [0.15, 0.2) is 30.3 Å². The summed E-state index contributed by atoms with van der Waals surface area (Å²) in [4.78, 5) is 12.0. The first kappa shape index (κ1) is 12.1. The Morgan fingerprint density at radius 1 is 1.35 bits per heavy atom. The molecule has 0 saturated carbocycles. The van der Waals surface area contributed by atoms with Crippen LogP contribution >= 0.6 is 0 Å². The second-order valence-electron chi connectivity index (χ2n) is 5.54. The van der Waals surface area contributed by atoms with Crippen LogP contribution in [0.1, 0.15) is 37.6 Å². The van der Waals surface area contributed by atoms with Crippen LogP contribution < -0.4 is 5.43 Å². The minimum absolute atomic E-state index is 0.0206. The summed E-state index contributed by atoms with van der Waals surface area (Å²) in [6.45, 7) is 7.48. The van der Waals surface area contributed by atoms with Crippen molar-refractivity contribution < 1.29 is 4.79 Å². The van der Waals surface area contributed by atoms with Crippen molar-refractivity contribution in [3.8, 4) is 0 Å². The summed E-state index contributed by atoms with van der Waals surface area (Å²) in [5, 5.41) is 2.06. The van der Waals surface area contributed by atoms with Crippen molar-refractivity contribution in [2.45, 2.75) is 32.7 Å². The zero-order chi connectivity index (χ0) is 12.5. The first-order chi connectivity index (χ1) is 7.99. The molecule has 0 aromatic heterocycles. The van der Waals surface area contributed by atoms with E-state index in [1.54, 1.807) is 0 Å². The average Bonchev–Trinajstić information content (AvgIpc) is 2.53. The Kier molecular flexibility index (Phi) is 3.20. The van der Waals surface area contributed by atoms with Crippen molar-refractivity contribution in [1.82, 2.24) is 10.4 Å². The molecule has 92 valence electrons. The molecule has 1 aromatic rings. The molecule has 1 saturated heterocycles. The van der Waals surface area contributed by atoms with E-state index >= 15 is 0 Å². The van der Waals surface area contributed by atoms with E-state index in [1.807, 2.05) is 30.3 Å². The monoisotopic (exact) mass is 232 g/mol. The lowest BCUT2D eigenvalue weighted by molar-refractivity contribution is 0.0634. The standard InChI is InChI=1S/C14H20N2O/c1-11-9-14(2,3)16(10-11)15-13(17)12-7-5-4-6-8-12/h4-8,11H,9-10H2,1-3H3,(H,15,17). The van der Waals surface area contributed by atoms with E-state index < -0.39 is 0 Å². The summed E-state index contributed by atoms with van der Waals surface area (Å²) in [5.41, 5.74) is 3.77. The predicted molar refractivity (Wildman–Crippen MR) is 68.5 cm³/mol. The molecule has 1 amide bonds. The molecule has 2 rings (SSSR count). The minimum atomic E-state index is -0.0206. The maximum Gasteiger partial charge on any atom is 0.265 e. The van der Waals surface area contributed by atoms with E-state index in [9.17, 15) is 4.79 Å². The van der Waals surface area contributed by atoms with Gasteiger partial charge < -0.3 is 0 Å². The molecule has 1 unspecified atom stereocenters. The van der Waals surface area contributed by atoms with Crippen LogP contribution in [0.2, 0.25) is 0 Å². The van der Waals surface area contributed by atoms with Gasteiger partial charge >= 0.3 is 0 Å². The van der Waals surface area contributed by atoms with E-state index in [4.69, 9.17) is 0 Å². The lowest BCUT2D eigenvalue weighted by Gasteiger charge is -2.31. The maximum atomic E-state index is 12.0. The molecule has 1 N–H and O–H groups in total. The van der Waals surface area contributed by atoms with E-state index in [1.165, 1.54) is 0 Å². The van der Waals surface area contributed by atoms with Gasteiger partial charge in [0.25, 0.3) is 5.91 Å². The summed E-state index contributed by atoms with van der Waals surface area (Å²) >= 11 is 0. The Bertz CT molecular complexity index is 400. The summed E-state index contributed by atoms with van der Waals surface area (Å²) in [6, 6.07) is 9.35. The van der Waals surface area contributed by atoms with E-state index in [-0.39, 0.29) is 11.4 Å². The molecule has 0 aliphatic carbocycles. The number of nitrogens with zero attached hydrogens (tertiary/aromatic N) is 1. The first-order valence-electron chi connectivity index (χ1n) is 6.13. The molecule has 3 nitrogen and oxygen atoms in total. The number of hydrogen-bond acceptors (Lipinski definition) is 2. The number of carbonyl (C=O) groups is 1. The van der Waals surface area contributed by atoms with Crippen molar-refractivity contribution in [2.75, 3.05) is 6.54 Å². The molecule has 17 heavy (non-hydrogen) atoms. The molecule has 1 atom stereocenters. The molecule has 1 aliphatic heterocycles. The number of carbonyl (C=O) groups excluding carboxylic acids is 1. The van der Waals surface area contributed by atoms with Gasteiger partial charge in [-0.05, 0) is 38.3 Å². The van der Waals surface area contributed by atoms with Gasteiger partial charge in [0, 0.05) is 17.6 Å². The van der Waals surface area contributed by atoms with Gasteiger partial charge in [0.05, 0.1) is 0 Å². The molecular weight excluding hydrogens is 212 g/mol. The van der Waals surface area contributed by atoms with Gasteiger partial charge in [0.1, 0.15) is 0 Å². The van der Waals surface area contributed by atoms with Gasteiger partial charge in [-0.1, -0.05) is 25.1 Å². The van der Waals surface area contributed by atoms with Crippen molar-refractivity contribution in [2.24, 2.45) is 5.92 Å². The highest BCUT2D eigenvalue weighted by Crippen LogP contribution is 2.30. The van der Waals surface area contributed by atoms with E-state index in [0.29, 0.717) is 11.5 Å². The van der Waals surface area contributed by atoms with Crippen LogP contribution in [0.4, 0.5) is 0 Å². The molecule has 1 heterocycles. The van der Waals surface area contributed by atoms with E-state index in [2.05, 4.69) is 31.2 Å². The highest BCUT2D eigenvalue weighted by Gasteiger charge is 2.37. The Hall–Kier alpha value is -1.35. The molecular formula is C14H20N2O. The van der Waals surface area contributed by atoms with Crippen molar-refractivity contribution in [3.63, 3.8) is 0 Å². The molecule has 0 spiro atoms. The second-order valence-corrected chi connectivity index (χ2v) is 5.54. The third kappa shape index (κ3) is 2.67. The predicted octanol–water partition coefficient (Wildman–Crippen LogP) is 2.45. The Balaban J connectivity index is 2.05. The molecule has 3 heteroatoms. The SMILES string of the molecule is CC1CN(NC(=O)c2ccccc2)C(C)(C)C1. The Labute approximate surface area is 103 Å². The highest BCUT2D eigenvalue weighted by atomic mass is 16.2. The fourth-order valence-electron chi connectivity index (χ4n) is 2.56. The van der Waals surface area contributed by atoms with Gasteiger partial charge in [0.15, 0.2) is 0 Å². The van der Waals surface area contributed by atoms with Crippen LogP contribution in [0.3, 0.4) is 0 Å². The number of nitrogens with one attached hydrogen (secondary N) is 1. The molecule has 0 bridgehead atoms. The third-order valence-electron chi connectivity index (χ3n) is 3.35. The van der Waals surface area contributed by atoms with Crippen LogP contribution in [-0.2, 0) is 0 Å². The summed E-state index contributed by atoms with van der Waals surface area (Å²) in [7, 11) is 0. The third-order valence-corrected chi connectivity index (χ3v) is 3.35. The quantitative estimate of drug-likeness (QED) is 0.849. The average molecular weight is 232 g/mol. The molecule has 1 fully saturated rings. The lowest BCUT2D eigenvalue weighted by Crippen LogP contribution is -2.50. The zero-order valence-corrected chi connectivity index (χ0v) is 10.7. The number of amides is 1. The van der Waals surface area contributed by atoms with Crippen molar-refractivity contribution >= 4 is 5.91 Å². The van der Waals surface area contributed by atoms with Crippen molar-refractivity contribution in [3.05, 3.63) is 35.9 Å². The van der Waals surface area contributed by atoms with Gasteiger partial charge in [-0.2, -0.15) is 0 Å². The number of benzene rings is 1. The summed E-state index contributed by atoms with van der Waals surface area (Å²) in [5.74, 6) is 0.605. The first-order valence-corrected chi connectivity index (χ1v) is 6.13. The van der Waals surface area contributed by atoms with Crippen LogP contribution in [0, 0.1) is 5.92 Å². The largest absolute Gasteiger partial charge is 0.284 e. The summed E-state index contributed by atoms with van der Waals surface area (Å²) in [6.07, 6.45) is 1.11. The van der Waals surface area contributed by atoms with Crippen LogP contribution in [0.25, 0.3) is 0 Å². The number of rotatable bonds is 2. The molecule has 1 aromatic carbocycles. The van der Waals surface area contributed by atoms with E-state index in [0.717, 1.165) is 13.0 Å². The Morgan fingerprint density at radius 3 is 2.53 bits per heavy atom. The lowest BCUT2D eigenvalue weighted by atomic mass is 9.98. The zero-order valence-electron chi connectivity index (χ0n) is 10.7. The van der Waals surface area contributed by atoms with Crippen LogP contribution in [-0.4, -0.2) is 23.0 Å². The second kappa shape index (κ2) is 4.49. The fraction of sp³-hybridized carbons (Fsp3) is 0.500. The summed E-state index contributed by atoms with van der Waals surface area (Å²) < 4.78 is 0. The minimum Gasteiger partial charge on any atom is -0.284 e. The van der Waals surface area contributed by atoms with Gasteiger partial charge in [-0.25, -0.2) is 5.01 Å². The smallest absolute Gasteiger partial charge is 0.265 e. The molecule has 0 radical (unpaired) electrons. The number of hydrazine groups is 1. The van der Waals surface area contributed by atoms with Crippen LogP contribution in [0.5, 0.6) is 0 Å². The molecule has 1 aliphatic rings. The van der Waals surface area contributed by atoms with Gasteiger partial charge in [-0.3, -0.25) is 10.2 Å².